The van der Waals surface area contributed by atoms with E-state index in [1.165, 1.54) is 4.90 Å². The lowest BCUT2D eigenvalue weighted by molar-refractivity contribution is -0.152. The van der Waals surface area contributed by atoms with Crippen LogP contribution < -0.4 is 10.0 Å². The molecule has 166 valence electrons. The van der Waals surface area contributed by atoms with Crippen molar-refractivity contribution in [1.29, 1.82) is 0 Å². The van der Waals surface area contributed by atoms with Crippen molar-refractivity contribution in [3.8, 4) is 0 Å². The zero-order valence-electron chi connectivity index (χ0n) is 16.6. The number of piperidine rings is 1. The fourth-order valence-corrected chi connectivity index (χ4v) is 5.20. The maximum absolute atomic E-state index is 12.9. The number of sulfonamides is 1. The summed E-state index contributed by atoms with van der Waals surface area (Å²) >= 11 is 0. The van der Waals surface area contributed by atoms with Crippen molar-refractivity contribution in [2.24, 2.45) is 5.92 Å². The van der Waals surface area contributed by atoms with Crippen molar-refractivity contribution < 1.29 is 31.2 Å². The van der Waals surface area contributed by atoms with Crippen molar-refractivity contribution in [3.63, 3.8) is 0 Å². The van der Waals surface area contributed by atoms with Crippen molar-refractivity contribution in [3.05, 3.63) is 29.8 Å². The first kappa shape index (κ1) is 22.5. The third-order valence-corrected chi connectivity index (χ3v) is 6.82. The maximum atomic E-state index is 12.9. The number of hydrogen-bond donors (Lipinski definition) is 2. The highest BCUT2D eigenvalue weighted by atomic mass is 32.2. The first-order valence-corrected chi connectivity index (χ1v) is 11.2. The Kier molecular flexibility index (Phi) is 6.15. The predicted octanol–water partition coefficient (Wildman–Crippen LogP) is 1.89. The van der Waals surface area contributed by atoms with Gasteiger partial charge in [0.25, 0.3) is 0 Å². The predicted molar refractivity (Wildman–Crippen MR) is 102 cm³/mol. The van der Waals surface area contributed by atoms with Crippen LogP contribution in [0.1, 0.15) is 38.7 Å². The molecule has 0 aliphatic carbocycles. The van der Waals surface area contributed by atoms with Gasteiger partial charge >= 0.3 is 6.18 Å². The molecule has 1 aromatic carbocycles. The Labute approximate surface area is 173 Å². The molecule has 30 heavy (non-hydrogen) atoms. The van der Waals surface area contributed by atoms with Crippen LogP contribution in [0.4, 0.5) is 13.2 Å². The molecule has 11 heteroatoms. The molecule has 3 atom stereocenters. The molecule has 2 amide bonds. The summed E-state index contributed by atoms with van der Waals surface area (Å²) in [5, 5.41) is 2.70. The molecular weight excluding hydrogens is 423 g/mol. The number of alkyl halides is 3. The Balaban J connectivity index is 1.72. The fraction of sp³-hybridized carbons (Fsp3) is 0.579. The third kappa shape index (κ3) is 4.77. The second-order valence-corrected chi connectivity index (χ2v) is 9.82. The van der Waals surface area contributed by atoms with Gasteiger partial charge in [0, 0.05) is 12.6 Å². The van der Waals surface area contributed by atoms with E-state index in [9.17, 15) is 31.2 Å². The van der Waals surface area contributed by atoms with E-state index >= 15 is 0 Å². The lowest BCUT2D eigenvalue weighted by Gasteiger charge is -2.44. The fourth-order valence-electron chi connectivity index (χ4n) is 3.87. The molecule has 2 heterocycles. The number of carbonyl (C=O) groups excluding carboxylic acids is 2. The molecule has 0 radical (unpaired) electrons. The SMILES string of the molecule is CC(C)C[C@H]1NC(=O)[C@@H]2C[C@@H](NS(=O)(=O)c3cccc(C(F)(F)F)c3)CCN2C1=O. The number of fused-ring (bicyclic) bond motifs is 1. The molecule has 3 rings (SSSR count). The molecule has 2 aliphatic rings. The summed E-state index contributed by atoms with van der Waals surface area (Å²) in [4.78, 5) is 26.1. The summed E-state index contributed by atoms with van der Waals surface area (Å²) in [7, 11) is -4.22. The number of amides is 2. The van der Waals surface area contributed by atoms with Crippen LogP contribution in [0.15, 0.2) is 29.2 Å². The van der Waals surface area contributed by atoms with Crippen molar-refractivity contribution in [2.45, 2.75) is 62.3 Å². The number of carbonyl (C=O) groups is 2. The molecule has 7 nitrogen and oxygen atoms in total. The monoisotopic (exact) mass is 447 g/mol. The molecular formula is C19H24F3N3O4S. The standard InChI is InChI=1S/C19H24F3N3O4S/c1-11(2)8-15-18(27)25-7-6-13(10-16(25)17(26)23-15)24-30(28,29)14-5-3-4-12(9-14)19(20,21)22/h3-5,9,11,13,15-16,24H,6-8,10H2,1-2H3,(H,23,26)/t13-,15+,16-/m0/s1. The zero-order valence-corrected chi connectivity index (χ0v) is 17.4. The highest BCUT2D eigenvalue weighted by molar-refractivity contribution is 7.89. The van der Waals surface area contributed by atoms with E-state index in [2.05, 4.69) is 10.0 Å². The van der Waals surface area contributed by atoms with E-state index in [1.807, 2.05) is 13.8 Å². The van der Waals surface area contributed by atoms with Crippen LogP contribution in [0.5, 0.6) is 0 Å². The molecule has 0 spiro atoms. The Morgan fingerprint density at radius 3 is 2.60 bits per heavy atom. The van der Waals surface area contributed by atoms with E-state index in [0.717, 1.165) is 18.2 Å². The smallest absolute Gasteiger partial charge is 0.342 e. The van der Waals surface area contributed by atoms with Gasteiger partial charge in [-0.1, -0.05) is 19.9 Å². The Hall–Kier alpha value is -2.14. The molecule has 0 aromatic heterocycles. The average molecular weight is 447 g/mol. The van der Waals surface area contributed by atoms with Crippen LogP contribution in [0.3, 0.4) is 0 Å². The van der Waals surface area contributed by atoms with Gasteiger partial charge in [-0.05, 0) is 43.4 Å². The number of halogens is 3. The summed E-state index contributed by atoms with van der Waals surface area (Å²) < 4.78 is 66.3. The van der Waals surface area contributed by atoms with Gasteiger partial charge in [0.2, 0.25) is 21.8 Å². The van der Waals surface area contributed by atoms with Gasteiger partial charge in [0.15, 0.2) is 0 Å². The van der Waals surface area contributed by atoms with Gasteiger partial charge in [-0.25, -0.2) is 13.1 Å². The Morgan fingerprint density at radius 2 is 1.97 bits per heavy atom. The van der Waals surface area contributed by atoms with Gasteiger partial charge in [-0.2, -0.15) is 13.2 Å². The zero-order chi connectivity index (χ0) is 22.3. The summed E-state index contributed by atoms with van der Waals surface area (Å²) in [5.41, 5.74) is -1.06. The maximum Gasteiger partial charge on any atom is 0.416 e. The van der Waals surface area contributed by atoms with Crippen molar-refractivity contribution >= 4 is 21.8 Å². The van der Waals surface area contributed by atoms with Gasteiger partial charge in [-0.3, -0.25) is 9.59 Å². The molecule has 2 fully saturated rings. The lowest BCUT2D eigenvalue weighted by Crippen LogP contribution is -2.67. The molecule has 0 bridgehead atoms. The van der Waals surface area contributed by atoms with Crippen molar-refractivity contribution in [1.82, 2.24) is 14.9 Å². The topological polar surface area (TPSA) is 95.6 Å². The van der Waals surface area contributed by atoms with Crippen LogP contribution in [-0.2, 0) is 25.8 Å². The molecule has 0 saturated carbocycles. The number of hydrogen-bond acceptors (Lipinski definition) is 4. The Morgan fingerprint density at radius 1 is 1.27 bits per heavy atom. The van der Waals surface area contributed by atoms with Crippen LogP contribution in [0.25, 0.3) is 0 Å². The van der Waals surface area contributed by atoms with E-state index in [-0.39, 0.29) is 37.1 Å². The first-order valence-electron chi connectivity index (χ1n) is 9.69. The molecule has 2 N–H and O–H groups in total. The minimum absolute atomic E-state index is 0.0597. The van der Waals surface area contributed by atoms with Crippen molar-refractivity contribution in [2.75, 3.05) is 6.54 Å². The lowest BCUT2D eigenvalue weighted by atomic mass is 9.91. The van der Waals surface area contributed by atoms with E-state index < -0.39 is 44.8 Å². The first-order chi connectivity index (χ1) is 13.9. The number of rotatable bonds is 5. The molecule has 2 saturated heterocycles. The third-order valence-electron chi connectivity index (χ3n) is 5.30. The minimum atomic E-state index is -4.66. The van der Waals surface area contributed by atoms with Crippen LogP contribution in [0, 0.1) is 5.92 Å². The number of benzene rings is 1. The molecule has 2 aliphatic heterocycles. The number of nitrogens with one attached hydrogen (secondary N) is 2. The molecule has 0 unspecified atom stereocenters. The largest absolute Gasteiger partial charge is 0.416 e. The normalized spacial score (nSPS) is 25.3. The minimum Gasteiger partial charge on any atom is -0.342 e. The molecule has 1 aromatic rings. The number of piperazine rings is 1. The van der Waals surface area contributed by atoms with Gasteiger partial charge < -0.3 is 10.2 Å². The number of nitrogens with zero attached hydrogens (tertiary/aromatic N) is 1. The summed E-state index contributed by atoms with van der Waals surface area (Å²) in [6.45, 7) is 4.09. The van der Waals surface area contributed by atoms with Crippen LogP contribution >= 0.6 is 0 Å². The van der Waals surface area contributed by atoms with E-state index in [1.54, 1.807) is 0 Å². The summed E-state index contributed by atoms with van der Waals surface area (Å²) in [5.74, 6) is -0.316. The highest BCUT2D eigenvalue weighted by Crippen LogP contribution is 2.31. The summed E-state index contributed by atoms with van der Waals surface area (Å²) in [6.07, 6.45) is -3.82. The van der Waals surface area contributed by atoms with Gasteiger partial charge in [-0.15, -0.1) is 0 Å². The van der Waals surface area contributed by atoms with E-state index in [4.69, 9.17) is 0 Å². The van der Waals surface area contributed by atoms with Crippen LogP contribution in [0.2, 0.25) is 0 Å². The Bertz CT molecular complexity index is 933. The second kappa shape index (κ2) is 8.18. The van der Waals surface area contributed by atoms with Gasteiger partial charge in [0.05, 0.1) is 10.5 Å². The quantitative estimate of drug-likeness (QED) is 0.721. The van der Waals surface area contributed by atoms with E-state index in [0.29, 0.717) is 12.5 Å². The highest BCUT2D eigenvalue weighted by Gasteiger charge is 2.44. The van der Waals surface area contributed by atoms with Crippen LogP contribution in [-0.4, -0.2) is 49.8 Å². The van der Waals surface area contributed by atoms with Gasteiger partial charge in [0.1, 0.15) is 12.1 Å². The second-order valence-electron chi connectivity index (χ2n) is 8.11. The average Bonchev–Trinajstić information content (AvgIpc) is 2.64. The summed E-state index contributed by atoms with van der Waals surface area (Å²) in [6, 6.07) is 1.41.